The van der Waals surface area contributed by atoms with Crippen LogP contribution in [0.3, 0.4) is 0 Å². The van der Waals surface area contributed by atoms with Gasteiger partial charge in [0.15, 0.2) is 0 Å². The lowest BCUT2D eigenvalue weighted by Gasteiger charge is -2.25. The normalized spacial score (nSPS) is 25.4. The van der Waals surface area contributed by atoms with Gasteiger partial charge in [0.2, 0.25) is 0 Å². The Morgan fingerprint density at radius 1 is 1.06 bits per heavy atom. The first kappa shape index (κ1) is 10.8. The number of allylic oxidation sites excluding steroid dienone is 4. The molecule has 1 aromatic rings. The van der Waals surface area contributed by atoms with Crippen LogP contribution in [-0.2, 0) is 5.41 Å². The predicted octanol–water partition coefficient (Wildman–Crippen LogP) is 4.72. The largest absolute Gasteiger partial charge is 0.0628 e. The SMILES string of the molecule is CC1=C(C)C(C)C2=C1C(C)(C)c1ccccc12. The summed E-state index contributed by atoms with van der Waals surface area (Å²) in [5.74, 6) is 0.591. The molecule has 17 heavy (non-hydrogen) atoms. The van der Waals surface area contributed by atoms with Gasteiger partial charge in [-0.05, 0) is 41.7 Å². The van der Waals surface area contributed by atoms with E-state index in [-0.39, 0.29) is 5.41 Å². The third-order valence-electron chi connectivity index (χ3n) is 4.83. The van der Waals surface area contributed by atoms with Crippen LogP contribution in [0.5, 0.6) is 0 Å². The van der Waals surface area contributed by atoms with Crippen LogP contribution in [0, 0.1) is 5.92 Å². The molecule has 0 bridgehead atoms. The van der Waals surface area contributed by atoms with Crippen molar-refractivity contribution in [2.75, 3.05) is 0 Å². The lowest BCUT2D eigenvalue weighted by molar-refractivity contribution is 0.646. The van der Waals surface area contributed by atoms with Crippen molar-refractivity contribution in [1.29, 1.82) is 0 Å². The van der Waals surface area contributed by atoms with Crippen molar-refractivity contribution in [1.82, 2.24) is 0 Å². The highest BCUT2D eigenvalue weighted by atomic mass is 14.5. The molecule has 1 aromatic carbocycles. The first-order valence-corrected chi connectivity index (χ1v) is 6.48. The van der Waals surface area contributed by atoms with Crippen LogP contribution in [0.15, 0.2) is 41.0 Å². The number of benzene rings is 1. The van der Waals surface area contributed by atoms with Crippen LogP contribution < -0.4 is 0 Å². The topological polar surface area (TPSA) is 0 Å². The summed E-state index contributed by atoms with van der Waals surface area (Å²) < 4.78 is 0. The monoisotopic (exact) mass is 224 g/mol. The minimum absolute atomic E-state index is 0.183. The maximum absolute atomic E-state index is 2.36. The van der Waals surface area contributed by atoms with Crippen LogP contribution in [-0.4, -0.2) is 0 Å². The molecule has 0 N–H and O–H groups in total. The Kier molecular flexibility index (Phi) is 1.99. The minimum Gasteiger partial charge on any atom is -0.0628 e. The average Bonchev–Trinajstić information content (AvgIpc) is 2.68. The Balaban J connectivity index is 2.33. The Bertz CT molecular complexity index is 567. The van der Waals surface area contributed by atoms with E-state index in [0.29, 0.717) is 5.92 Å². The molecule has 0 saturated carbocycles. The molecule has 0 nitrogen and oxygen atoms in total. The zero-order chi connectivity index (χ0) is 12.4. The molecular weight excluding hydrogens is 204 g/mol. The fourth-order valence-electron chi connectivity index (χ4n) is 3.73. The van der Waals surface area contributed by atoms with E-state index in [2.05, 4.69) is 58.9 Å². The number of hydrogen-bond acceptors (Lipinski definition) is 0. The molecule has 0 heteroatoms. The maximum atomic E-state index is 2.36. The van der Waals surface area contributed by atoms with Gasteiger partial charge in [-0.1, -0.05) is 50.6 Å². The van der Waals surface area contributed by atoms with Crippen molar-refractivity contribution in [3.63, 3.8) is 0 Å². The van der Waals surface area contributed by atoms with Gasteiger partial charge in [-0.25, -0.2) is 0 Å². The van der Waals surface area contributed by atoms with Crippen molar-refractivity contribution in [3.8, 4) is 0 Å². The molecule has 0 aliphatic heterocycles. The second-order valence-electron chi connectivity index (χ2n) is 5.99. The van der Waals surface area contributed by atoms with E-state index in [1.165, 1.54) is 16.7 Å². The highest BCUT2D eigenvalue weighted by molar-refractivity contribution is 5.89. The Morgan fingerprint density at radius 3 is 2.41 bits per heavy atom. The lowest BCUT2D eigenvalue weighted by Crippen LogP contribution is -2.17. The van der Waals surface area contributed by atoms with Gasteiger partial charge in [-0.3, -0.25) is 0 Å². The summed E-state index contributed by atoms with van der Waals surface area (Å²) in [6, 6.07) is 8.92. The van der Waals surface area contributed by atoms with Gasteiger partial charge in [0, 0.05) is 11.3 Å². The third kappa shape index (κ3) is 1.14. The smallest absolute Gasteiger partial charge is 0.0158 e. The lowest BCUT2D eigenvalue weighted by atomic mass is 9.78. The second-order valence-corrected chi connectivity index (χ2v) is 5.99. The molecule has 2 aliphatic rings. The van der Waals surface area contributed by atoms with E-state index in [0.717, 1.165) is 0 Å². The summed E-state index contributed by atoms with van der Waals surface area (Å²) in [4.78, 5) is 0. The van der Waals surface area contributed by atoms with Crippen molar-refractivity contribution in [2.45, 2.75) is 40.0 Å². The third-order valence-corrected chi connectivity index (χ3v) is 4.83. The molecule has 0 saturated heterocycles. The standard InChI is InChI=1S/C17H20/c1-10-11(2)15-13-8-6-7-9-14(13)17(4,5)16(15)12(10)3/h6-9,11H,1-5H3. The highest BCUT2D eigenvalue weighted by Gasteiger charge is 2.43. The zero-order valence-electron chi connectivity index (χ0n) is 11.4. The van der Waals surface area contributed by atoms with Crippen molar-refractivity contribution in [2.24, 2.45) is 5.92 Å². The summed E-state index contributed by atoms with van der Waals surface area (Å²) in [7, 11) is 0. The van der Waals surface area contributed by atoms with Gasteiger partial charge in [0.25, 0.3) is 0 Å². The van der Waals surface area contributed by atoms with E-state index in [4.69, 9.17) is 0 Å². The van der Waals surface area contributed by atoms with Gasteiger partial charge >= 0.3 is 0 Å². The van der Waals surface area contributed by atoms with Crippen molar-refractivity contribution in [3.05, 3.63) is 52.1 Å². The first-order valence-electron chi connectivity index (χ1n) is 6.48. The summed E-state index contributed by atoms with van der Waals surface area (Å²) in [6.45, 7) is 11.7. The van der Waals surface area contributed by atoms with Gasteiger partial charge in [0.05, 0.1) is 0 Å². The van der Waals surface area contributed by atoms with E-state index in [1.54, 1.807) is 16.7 Å². The molecule has 0 aromatic heterocycles. The van der Waals surface area contributed by atoms with Crippen LogP contribution >= 0.6 is 0 Å². The van der Waals surface area contributed by atoms with E-state index in [1.807, 2.05) is 0 Å². The maximum Gasteiger partial charge on any atom is 0.0158 e. The summed E-state index contributed by atoms with van der Waals surface area (Å²) in [5.41, 5.74) is 9.41. The molecule has 0 amide bonds. The van der Waals surface area contributed by atoms with E-state index >= 15 is 0 Å². The average molecular weight is 224 g/mol. The zero-order valence-corrected chi connectivity index (χ0v) is 11.4. The van der Waals surface area contributed by atoms with Gasteiger partial charge in [-0.2, -0.15) is 0 Å². The van der Waals surface area contributed by atoms with Crippen molar-refractivity contribution >= 4 is 5.57 Å². The molecule has 2 aliphatic carbocycles. The summed E-state index contributed by atoms with van der Waals surface area (Å²) >= 11 is 0. The quantitative estimate of drug-likeness (QED) is 0.598. The van der Waals surface area contributed by atoms with Crippen LogP contribution in [0.1, 0.15) is 45.7 Å². The van der Waals surface area contributed by atoms with Crippen molar-refractivity contribution < 1.29 is 0 Å². The van der Waals surface area contributed by atoms with Gasteiger partial charge < -0.3 is 0 Å². The van der Waals surface area contributed by atoms with Crippen LogP contribution in [0.25, 0.3) is 5.57 Å². The molecule has 1 atom stereocenters. The summed E-state index contributed by atoms with van der Waals surface area (Å²) in [5, 5.41) is 0. The van der Waals surface area contributed by atoms with Crippen LogP contribution in [0.2, 0.25) is 0 Å². The second kappa shape index (κ2) is 3.13. The molecular formula is C17H20. The molecule has 3 rings (SSSR count). The first-order chi connectivity index (χ1) is 7.96. The van der Waals surface area contributed by atoms with Crippen LogP contribution in [0.4, 0.5) is 0 Å². The molecule has 0 heterocycles. The number of rotatable bonds is 0. The number of fused-ring (bicyclic) bond motifs is 2. The number of hydrogen-bond donors (Lipinski definition) is 0. The Labute approximate surface area is 104 Å². The van der Waals surface area contributed by atoms with Gasteiger partial charge in [-0.15, -0.1) is 0 Å². The highest BCUT2D eigenvalue weighted by Crippen LogP contribution is 2.56. The fraction of sp³-hybridized carbons (Fsp3) is 0.412. The van der Waals surface area contributed by atoms with E-state index in [9.17, 15) is 0 Å². The summed E-state index contributed by atoms with van der Waals surface area (Å²) in [6.07, 6.45) is 0. The van der Waals surface area contributed by atoms with E-state index < -0.39 is 0 Å². The molecule has 1 unspecified atom stereocenters. The molecule has 0 radical (unpaired) electrons. The Morgan fingerprint density at radius 2 is 1.71 bits per heavy atom. The molecule has 88 valence electrons. The van der Waals surface area contributed by atoms with Gasteiger partial charge in [0.1, 0.15) is 0 Å². The molecule has 0 fully saturated rings. The molecule has 0 spiro atoms. The minimum atomic E-state index is 0.183. The Hall–Kier alpha value is -1.30. The fourth-order valence-corrected chi connectivity index (χ4v) is 3.73. The predicted molar refractivity (Wildman–Crippen MR) is 73.9 cm³/mol.